The van der Waals surface area contributed by atoms with Gasteiger partial charge in [-0.15, -0.1) is 21.5 Å². The molecule has 0 unspecified atom stereocenters. The highest BCUT2D eigenvalue weighted by Gasteiger charge is 2.52. The number of aromatic nitrogens is 3. The molecule has 3 heterocycles. The first kappa shape index (κ1) is 20.9. The summed E-state index contributed by atoms with van der Waals surface area (Å²) in [6.45, 7) is 2.86. The maximum absolute atomic E-state index is 12.8. The fourth-order valence-electron chi connectivity index (χ4n) is 3.80. The molecule has 1 aliphatic carbocycles. The molecule has 160 valence electrons. The van der Waals surface area contributed by atoms with E-state index >= 15 is 0 Å². The van der Waals surface area contributed by atoms with Gasteiger partial charge in [0.2, 0.25) is 5.91 Å². The Balaban J connectivity index is 1.30. The molecule has 2 aromatic rings. The molecule has 2 fully saturated rings. The van der Waals surface area contributed by atoms with Crippen LogP contribution in [0, 0.1) is 5.92 Å². The Morgan fingerprint density at radius 2 is 2.20 bits per heavy atom. The molecule has 2 aromatic heterocycles. The second-order valence-corrected chi connectivity index (χ2v) is 9.77. The van der Waals surface area contributed by atoms with Gasteiger partial charge in [0, 0.05) is 11.4 Å². The molecule has 1 spiro atoms. The Kier molecular flexibility index (Phi) is 6.09. The summed E-state index contributed by atoms with van der Waals surface area (Å²) >= 11 is 2.92. The molecule has 30 heavy (non-hydrogen) atoms. The van der Waals surface area contributed by atoms with E-state index in [-0.39, 0.29) is 11.7 Å². The van der Waals surface area contributed by atoms with Gasteiger partial charge in [-0.1, -0.05) is 24.8 Å². The monoisotopic (exact) mass is 448 g/mol. The number of thioether (sulfide) groups is 1. The summed E-state index contributed by atoms with van der Waals surface area (Å²) in [5.74, 6) is -0.231. The van der Waals surface area contributed by atoms with Crippen LogP contribution in [0.2, 0.25) is 0 Å². The van der Waals surface area contributed by atoms with E-state index in [1.165, 1.54) is 16.6 Å². The van der Waals surface area contributed by atoms with Crippen molar-refractivity contribution in [3.05, 3.63) is 28.7 Å². The third-order valence-corrected chi connectivity index (χ3v) is 7.53. The van der Waals surface area contributed by atoms with Gasteiger partial charge in [-0.05, 0) is 49.5 Å². The minimum atomic E-state index is -0.869. The Labute approximate surface area is 182 Å². The zero-order chi connectivity index (χ0) is 21.1. The van der Waals surface area contributed by atoms with Gasteiger partial charge >= 0.3 is 6.03 Å². The topological polar surface area (TPSA) is 109 Å². The molecule has 1 saturated heterocycles. The Morgan fingerprint density at radius 1 is 1.40 bits per heavy atom. The Bertz CT molecular complexity index is 921. The number of nitrogens with zero attached hydrogens (tertiary/aromatic N) is 4. The molecule has 0 radical (unpaired) electrons. The summed E-state index contributed by atoms with van der Waals surface area (Å²) in [5, 5.41) is 14.3. The number of carbonyl (C=O) groups is 3. The van der Waals surface area contributed by atoms with Crippen molar-refractivity contribution in [2.75, 3.05) is 5.75 Å². The summed E-state index contributed by atoms with van der Waals surface area (Å²) < 4.78 is 1.89. The van der Waals surface area contributed by atoms with Crippen LogP contribution in [0.4, 0.5) is 4.79 Å². The van der Waals surface area contributed by atoms with Gasteiger partial charge in [-0.3, -0.25) is 15.0 Å². The lowest BCUT2D eigenvalue weighted by atomic mass is 9.77. The first-order chi connectivity index (χ1) is 14.5. The number of rotatable bonds is 7. The largest absolute Gasteiger partial charge is 0.344 e. The van der Waals surface area contributed by atoms with E-state index < -0.39 is 17.5 Å². The maximum atomic E-state index is 12.8. The van der Waals surface area contributed by atoms with Crippen LogP contribution in [0.3, 0.4) is 0 Å². The van der Waals surface area contributed by atoms with Crippen molar-refractivity contribution in [2.24, 2.45) is 5.92 Å². The van der Waals surface area contributed by atoms with Crippen molar-refractivity contribution in [1.82, 2.24) is 30.5 Å². The Hall–Kier alpha value is -2.40. The molecule has 2 aliphatic rings. The minimum Gasteiger partial charge on any atom is -0.322 e. The second kappa shape index (κ2) is 8.76. The average molecular weight is 449 g/mol. The summed E-state index contributed by atoms with van der Waals surface area (Å²) in [5.41, 5.74) is 1.58. The minimum absolute atomic E-state index is 0.0266. The van der Waals surface area contributed by atoms with Crippen molar-refractivity contribution in [2.45, 2.75) is 56.3 Å². The highest BCUT2D eigenvalue weighted by atomic mass is 32.2. The number of carbonyl (C=O) groups excluding carboxylic acids is 3. The van der Waals surface area contributed by atoms with Gasteiger partial charge in [-0.2, -0.15) is 5.01 Å². The zero-order valence-corrected chi connectivity index (χ0v) is 18.3. The molecule has 0 aromatic carbocycles. The number of thiophene rings is 1. The predicted octanol–water partition coefficient (Wildman–Crippen LogP) is 2.21. The number of amides is 4. The fraction of sp³-hybridized carbons (Fsp3) is 0.526. The molecule has 9 nitrogen and oxygen atoms in total. The third kappa shape index (κ3) is 4.36. The number of hydrogen-bond donors (Lipinski definition) is 2. The fourth-order valence-corrected chi connectivity index (χ4v) is 5.23. The van der Waals surface area contributed by atoms with Crippen molar-refractivity contribution < 1.29 is 14.4 Å². The number of hydrogen-bond acceptors (Lipinski definition) is 7. The smallest absolute Gasteiger partial charge is 0.322 e. The van der Waals surface area contributed by atoms with Crippen molar-refractivity contribution in [3.8, 4) is 0 Å². The van der Waals surface area contributed by atoms with E-state index in [0.29, 0.717) is 30.5 Å². The van der Waals surface area contributed by atoms with Gasteiger partial charge in [0.1, 0.15) is 11.9 Å². The van der Waals surface area contributed by atoms with E-state index in [4.69, 9.17) is 0 Å². The number of nitrogens with one attached hydrogen (secondary N) is 2. The summed E-state index contributed by atoms with van der Waals surface area (Å²) in [6.07, 6.45) is 5.47. The van der Waals surface area contributed by atoms with Crippen molar-refractivity contribution >= 4 is 40.9 Å². The molecule has 1 aliphatic heterocycles. The molecule has 1 saturated carbocycles. The highest BCUT2D eigenvalue weighted by molar-refractivity contribution is 7.99. The van der Waals surface area contributed by atoms with Crippen LogP contribution >= 0.6 is 23.1 Å². The predicted molar refractivity (Wildman–Crippen MR) is 113 cm³/mol. The SMILES string of the molecule is CC1CCC2(CC1)NC(=O)N(NC(=O)CSc1nncn1CCc1cccs1)C2=O. The second-order valence-electron chi connectivity index (χ2n) is 7.80. The normalized spacial score (nSPS) is 23.8. The standard InChI is InChI=1S/C19H24N6O3S2/c1-13-4-7-19(8-5-13)16(27)25(17(28)21-19)23-15(26)11-30-18-22-20-12-24(18)9-6-14-3-2-10-29-14/h2-3,10,12-13H,4-9,11H2,1H3,(H,21,28)(H,23,26). The lowest BCUT2D eigenvalue weighted by Crippen LogP contribution is -2.51. The lowest BCUT2D eigenvalue weighted by molar-refractivity contribution is -0.139. The van der Waals surface area contributed by atoms with Crippen LogP contribution < -0.4 is 10.7 Å². The summed E-state index contributed by atoms with van der Waals surface area (Å²) in [7, 11) is 0. The summed E-state index contributed by atoms with van der Waals surface area (Å²) in [4.78, 5) is 38.8. The number of hydrazine groups is 1. The first-order valence-electron chi connectivity index (χ1n) is 9.96. The van der Waals surface area contributed by atoms with Crippen molar-refractivity contribution in [1.29, 1.82) is 0 Å². The zero-order valence-electron chi connectivity index (χ0n) is 16.7. The molecular weight excluding hydrogens is 424 g/mol. The number of imide groups is 1. The lowest BCUT2D eigenvalue weighted by Gasteiger charge is -2.33. The molecule has 4 rings (SSSR count). The van der Waals surface area contributed by atoms with Crippen LogP contribution in [0.15, 0.2) is 29.0 Å². The van der Waals surface area contributed by atoms with Gasteiger partial charge < -0.3 is 9.88 Å². The molecule has 4 amide bonds. The molecule has 0 bridgehead atoms. The molecule has 0 atom stereocenters. The summed E-state index contributed by atoms with van der Waals surface area (Å²) in [6, 6.07) is 3.53. The van der Waals surface area contributed by atoms with Crippen LogP contribution in [-0.2, 0) is 22.6 Å². The number of urea groups is 1. The molecular formula is C19H24N6O3S2. The van der Waals surface area contributed by atoms with Crippen LogP contribution in [0.25, 0.3) is 0 Å². The van der Waals surface area contributed by atoms with Gasteiger partial charge in [0.25, 0.3) is 5.91 Å². The van der Waals surface area contributed by atoms with E-state index in [2.05, 4.69) is 33.9 Å². The van der Waals surface area contributed by atoms with Gasteiger partial charge in [0.15, 0.2) is 5.16 Å². The van der Waals surface area contributed by atoms with Crippen LogP contribution in [0.1, 0.15) is 37.5 Å². The van der Waals surface area contributed by atoms with E-state index in [9.17, 15) is 14.4 Å². The average Bonchev–Trinajstić information content (AvgIpc) is 3.45. The first-order valence-corrected chi connectivity index (χ1v) is 11.8. The third-order valence-electron chi connectivity index (χ3n) is 5.62. The maximum Gasteiger partial charge on any atom is 0.344 e. The molecule has 2 N–H and O–H groups in total. The van der Waals surface area contributed by atoms with E-state index in [1.54, 1.807) is 17.7 Å². The number of aryl methyl sites for hydroxylation is 2. The Morgan fingerprint density at radius 3 is 2.93 bits per heavy atom. The highest BCUT2D eigenvalue weighted by Crippen LogP contribution is 2.35. The van der Waals surface area contributed by atoms with Crippen LogP contribution in [-0.4, -0.2) is 48.9 Å². The van der Waals surface area contributed by atoms with Gasteiger partial charge in [0.05, 0.1) is 5.75 Å². The van der Waals surface area contributed by atoms with E-state index in [0.717, 1.165) is 24.3 Å². The quantitative estimate of drug-likeness (QED) is 0.497. The van der Waals surface area contributed by atoms with Crippen molar-refractivity contribution in [3.63, 3.8) is 0 Å². The van der Waals surface area contributed by atoms with E-state index in [1.807, 2.05) is 16.0 Å². The van der Waals surface area contributed by atoms with Crippen LogP contribution in [0.5, 0.6) is 0 Å². The molecule has 11 heteroatoms. The van der Waals surface area contributed by atoms with Gasteiger partial charge in [-0.25, -0.2) is 4.79 Å².